The minimum absolute atomic E-state index is 0.0513. The molecule has 0 spiro atoms. The van der Waals surface area contributed by atoms with E-state index in [1.807, 2.05) is 30.3 Å². The molecule has 0 bridgehead atoms. The van der Waals surface area contributed by atoms with Gasteiger partial charge in [0.1, 0.15) is 11.5 Å². The molecule has 0 unspecified atom stereocenters. The van der Waals surface area contributed by atoms with E-state index in [2.05, 4.69) is 10.3 Å². The van der Waals surface area contributed by atoms with Crippen LogP contribution in [-0.2, 0) is 0 Å². The third-order valence-corrected chi connectivity index (χ3v) is 3.16. The Bertz CT molecular complexity index is 795. The monoisotopic (exact) mass is 295 g/mol. The molecule has 0 fully saturated rings. The molecule has 6 heteroatoms. The predicted octanol–water partition coefficient (Wildman–Crippen LogP) is 3.07. The second kappa shape index (κ2) is 5.69. The Labute approximate surface area is 126 Å². The second-order valence-electron chi connectivity index (χ2n) is 4.65. The summed E-state index contributed by atoms with van der Waals surface area (Å²) in [5.74, 6) is 0.347. The summed E-state index contributed by atoms with van der Waals surface area (Å²) >= 11 is 0. The molecule has 1 heterocycles. The lowest BCUT2D eigenvalue weighted by molar-refractivity contribution is 0.0689. The predicted molar refractivity (Wildman–Crippen MR) is 79.6 cm³/mol. The van der Waals surface area contributed by atoms with E-state index in [0.717, 1.165) is 11.4 Å². The van der Waals surface area contributed by atoms with Gasteiger partial charge in [0.15, 0.2) is 5.69 Å². The van der Waals surface area contributed by atoms with Crippen molar-refractivity contribution in [1.82, 2.24) is 15.0 Å². The molecule has 0 aliphatic heterocycles. The van der Waals surface area contributed by atoms with Crippen molar-refractivity contribution >= 4 is 5.97 Å². The maximum absolute atomic E-state index is 11.0. The van der Waals surface area contributed by atoms with Gasteiger partial charge in [-0.05, 0) is 43.3 Å². The SMILES string of the molecule is Cc1c(C(=O)O)nnn1-c1ccc(Oc2ccccc2)cc1. The molecule has 6 nitrogen and oxygen atoms in total. The molecule has 1 N–H and O–H groups in total. The van der Waals surface area contributed by atoms with E-state index < -0.39 is 5.97 Å². The maximum atomic E-state index is 11.0. The van der Waals surface area contributed by atoms with Crippen LogP contribution in [0.1, 0.15) is 16.2 Å². The average molecular weight is 295 g/mol. The van der Waals surface area contributed by atoms with Gasteiger partial charge in [0.2, 0.25) is 0 Å². The summed E-state index contributed by atoms with van der Waals surface area (Å²) in [6.07, 6.45) is 0. The quantitative estimate of drug-likeness (QED) is 0.800. The Hall–Kier alpha value is -3.15. The largest absolute Gasteiger partial charge is 0.476 e. The van der Waals surface area contributed by atoms with Crippen LogP contribution in [0.25, 0.3) is 5.69 Å². The van der Waals surface area contributed by atoms with Gasteiger partial charge in [0, 0.05) is 0 Å². The van der Waals surface area contributed by atoms with Crippen LogP contribution in [0.15, 0.2) is 54.6 Å². The first-order chi connectivity index (χ1) is 10.6. The van der Waals surface area contributed by atoms with Crippen molar-refractivity contribution in [2.24, 2.45) is 0 Å². The summed E-state index contributed by atoms with van der Waals surface area (Å²) in [6.45, 7) is 1.66. The van der Waals surface area contributed by atoms with Crippen molar-refractivity contribution in [2.45, 2.75) is 6.92 Å². The molecular formula is C16H13N3O3. The summed E-state index contributed by atoms with van der Waals surface area (Å²) in [5, 5.41) is 16.5. The van der Waals surface area contributed by atoms with E-state index in [1.54, 1.807) is 31.2 Å². The molecule has 1 aromatic heterocycles. The first kappa shape index (κ1) is 13.8. The number of carbonyl (C=O) groups is 1. The van der Waals surface area contributed by atoms with Crippen molar-refractivity contribution in [1.29, 1.82) is 0 Å². The first-order valence-electron chi connectivity index (χ1n) is 6.64. The molecule has 0 saturated heterocycles. The van der Waals surface area contributed by atoms with Crippen molar-refractivity contribution in [2.75, 3.05) is 0 Å². The van der Waals surface area contributed by atoms with Gasteiger partial charge in [-0.2, -0.15) is 0 Å². The van der Waals surface area contributed by atoms with Gasteiger partial charge < -0.3 is 9.84 Å². The molecule has 3 aromatic rings. The summed E-state index contributed by atoms with van der Waals surface area (Å²) in [7, 11) is 0. The molecule has 0 aliphatic rings. The number of hydrogen-bond acceptors (Lipinski definition) is 4. The van der Waals surface area contributed by atoms with Crippen LogP contribution in [0, 0.1) is 6.92 Å². The van der Waals surface area contributed by atoms with E-state index in [-0.39, 0.29) is 5.69 Å². The van der Waals surface area contributed by atoms with E-state index >= 15 is 0 Å². The molecule has 3 rings (SSSR count). The lowest BCUT2D eigenvalue weighted by Gasteiger charge is -2.07. The number of hydrogen-bond donors (Lipinski definition) is 1. The Balaban J connectivity index is 1.84. The van der Waals surface area contributed by atoms with Crippen molar-refractivity contribution in [3.63, 3.8) is 0 Å². The number of ether oxygens (including phenoxy) is 1. The molecule has 2 aromatic carbocycles. The Morgan fingerprint density at radius 2 is 1.68 bits per heavy atom. The summed E-state index contributed by atoms with van der Waals surface area (Å²) < 4.78 is 7.19. The fraction of sp³-hybridized carbons (Fsp3) is 0.0625. The summed E-state index contributed by atoms with van der Waals surface area (Å²) in [5.41, 5.74) is 1.15. The zero-order chi connectivity index (χ0) is 15.5. The number of carboxylic acid groups (broad SMARTS) is 1. The average Bonchev–Trinajstić information content (AvgIpc) is 2.91. The van der Waals surface area contributed by atoms with Crippen LogP contribution in [0.4, 0.5) is 0 Å². The van der Waals surface area contributed by atoms with Crippen LogP contribution in [0.2, 0.25) is 0 Å². The number of aromatic nitrogens is 3. The highest BCUT2D eigenvalue weighted by atomic mass is 16.5. The highest BCUT2D eigenvalue weighted by molar-refractivity contribution is 5.86. The van der Waals surface area contributed by atoms with Crippen LogP contribution < -0.4 is 4.74 Å². The minimum Gasteiger partial charge on any atom is -0.476 e. The van der Waals surface area contributed by atoms with Gasteiger partial charge in [0.25, 0.3) is 0 Å². The zero-order valence-corrected chi connectivity index (χ0v) is 11.8. The maximum Gasteiger partial charge on any atom is 0.358 e. The first-order valence-corrected chi connectivity index (χ1v) is 6.64. The molecule has 22 heavy (non-hydrogen) atoms. The number of aromatic carboxylic acids is 1. The molecule has 110 valence electrons. The van der Waals surface area contributed by atoms with Crippen molar-refractivity contribution < 1.29 is 14.6 Å². The third kappa shape index (κ3) is 2.67. The van der Waals surface area contributed by atoms with Gasteiger partial charge in [-0.1, -0.05) is 23.4 Å². The van der Waals surface area contributed by atoms with Crippen LogP contribution in [0.3, 0.4) is 0 Å². The van der Waals surface area contributed by atoms with Gasteiger partial charge >= 0.3 is 5.97 Å². The van der Waals surface area contributed by atoms with Crippen LogP contribution in [-0.4, -0.2) is 26.1 Å². The smallest absolute Gasteiger partial charge is 0.358 e. The van der Waals surface area contributed by atoms with E-state index in [0.29, 0.717) is 11.4 Å². The number of para-hydroxylation sites is 1. The van der Waals surface area contributed by atoms with Gasteiger partial charge in [0.05, 0.1) is 11.4 Å². The lowest BCUT2D eigenvalue weighted by Crippen LogP contribution is -2.02. The van der Waals surface area contributed by atoms with Gasteiger partial charge in [-0.15, -0.1) is 5.10 Å². The molecular weight excluding hydrogens is 282 g/mol. The zero-order valence-electron chi connectivity index (χ0n) is 11.8. The summed E-state index contributed by atoms with van der Waals surface area (Å²) in [6, 6.07) is 16.6. The Morgan fingerprint density at radius 3 is 2.27 bits per heavy atom. The highest BCUT2D eigenvalue weighted by Gasteiger charge is 2.15. The highest BCUT2D eigenvalue weighted by Crippen LogP contribution is 2.22. The van der Waals surface area contributed by atoms with Crippen LogP contribution in [0.5, 0.6) is 11.5 Å². The van der Waals surface area contributed by atoms with Gasteiger partial charge in [-0.25, -0.2) is 9.48 Å². The van der Waals surface area contributed by atoms with Crippen molar-refractivity contribution in [3.8, 4) is 17.2 Å². The Kier molecular flexibility index (Phi) is 3.57. The second-order valence-corrected chi connectivity index (χ2v) is 4.65. The molecule has 0 radical (unpaired) electrons. The van der Waals surface area contributed by atoms with Crippen LogP contribution >= 0.6 is 0 Å². The third-order valence-electron chi connectivity index (χ3n) is 3.16. The molecule has 0 atom stereocenters. The fourth-order valence-electron chi connectivity index (χ4n) is 2.05. The number of benzene rings is 2. The number of carboxylic acids is 1. The number of rotatable bonds is 4. The topological polar surface area (TPSA) is 77.2 Å². The van der Waals surface area contributed by atoms with E-state index in [9.17, 15) is 4.79 Å². The summed E-state index contributed by atoms with van der Waals surface area (Å²) in [4.78, 5) is 11.0. The van der Waals surface area contributed by atoms with Gasteiger partial charge in [-0.3, -0.25) is 0 Å². The van der Waals surface area contributed by atoms with E-state index in [1.165, 1.54) is 4.68 Å². The normalized spacial score (nSPS) is 10.4. The fourth-order valence-corrected chi connectivity index (χ4v) is 2.05. The van der Waals surface area contributed by atoms with E-state index in [4.69, 9.17) is 9.84 Å². The Morgan fingerprint density at radius 1 is 1.05 bits per heavy atom. The molecule has 0 saturated carbocycles. The molecule has 0 aliphatic carbocycles. The molecule has 0 amide bonds. The number of nitrogens with zero attached hydrogens (tertiary/aromatic N) is 3. The lowest BCUT2D eigenvalue weighted by atomic mass is 10.2. The minimum atomic E-state index is -1.09. The standard InChI is InChI=1S/C16H13N3O3/c1-11-15(16(20)21)17-18-19(11)12-7-9-14(10-8-12)22-13-5-3-2-4-6-13/h2-10H,1H3,(H,20,21). The van der Waals surface area contributed by atoms with Crippen molar-refractivity contribution in [3.05, 3.63) is 66.0 Å².